The Kier molecular flexibility index (Phi) is 4.75. The maximum absolute atomic E-state index is 11.1. The molecule has 17 heavy (non-hydrogen) atoms. The van der Waals surface area contributed by atoms with E-state index in [0.29, 0.717) is 5.92 Å². The van der Waals surface area contributed by atoms with E-state index in [-0.39, 0.29) is 12.5 Å². The molecule has 3 N–H and O–H groups in total. The molecule has 0 unspecified atom stereocenters. The lowest BCUT2D eigenvalue weighted by Gasteiger charge is -2.24. The summed E-state index contributed by atoms with van der Waals surface area (Å²) in [6.45, 7) is 5.13. The molecular formula is C12H20N4O. The van der Waals surface area contributed by atoms with Crippen molar-refractivity contribution in [3.8, 4) is 0 Å². The van der Waals surface area contributed by atoms with E-state index < -0.39 is 0 Å². The van der Waals surface area contributed by atoms with Crippen LogP contribution in [0.3, 0.4) is 0 Å². The Balaban J connectivity index is 2.90. The van der Waals surface area contributed by atoms with Crippen molar-refractivity contribution in [2.75, 3.05) is 30.4 Å². The van der Waals surface area contributed by atoms with E-state index in [1.165, 1.54) is 0 Å². The van der Waals surface area contributed by atoms with Crippen LogP contribution >= 0.6 is 0 Å². The Bertz CT molecular complexity index is 379. The number of carbonyl (C=O) groups excluding carboxylic acids is 1. The number of nitrogens with zero attached hydrogens (tertiary/aromatic N) is 2. The van der Waals surface area contributed by atoms with Gasteiger partial charge in [0.05, 0.1) is 6.54 Å². The Morgan fingerprint density at radius 1 is 1.53 bits per heavy atom. The second kappa shape index (κ2) is 6.08. The Morgan fingerprint density at radius 3 is 2.76 bits per heavy atom. The van der Waals surface area contributed by atoms with Gasteiger partial charge in [0.2, 0.25) is 5.91 Å². The molecule has 0 aliphatic carbocycles. The maximum atomic E-state index is 11.1. The first-order valence-corrected chi connectivity index (χ1v) is 5.71. The summed E-state index contributed by atoms with van der Waals surface area (Å²) in [5, 5.41) is 2.97. The van der Waals surface area contributed by atoms with Gasteiger partial charge < -0.3 is 16.0 Å². The summed E-state index contributed by atoms with van der Waals surface area (Å²) < 4.78 is 0. The molecule has 0 saturated heterocycles. The number of aromatic nitrogens is 1. The fraction of sp³-hybridized carbons (Fsp3) is 0.500. The van der Waals surface area contributed by atoms with Gasteiger partial charge in [0.25, 0.3) is 0 Å². The maximum Gasteiger partial charge on any atom is 0.236 e. The van der Waals surface area contributed by atoms with Crippen LogP contribution in [-0.4, -0.2) is 31.0 Å². The lowest BCUT2D eigenvalue weighted by molar-refractivity contribution is -0.116. The van der Waals surface area contributed by atoms with Gasteiger partial charge in [0.1, 0.15) is 11.6 Å². The van der Waals surface area contributed by atoms with E-state index >= 15 is 0 Å². The molecule has 0 aliphatic heterocycles. The van der Waals surface area contributed by atoms with Crippen LogP contribution in [-0.2, 0) is 4.79 Å². The summed E-state index contributed by atoms with van der Waals surface area (Å²) in [6, 6.07) is 5.66. The molecule has 1 heterocycles. The molecule has 1 aromatic rings. The molecule has 0 atom stereocenters. The minimum Gasteiger partial charge on any atom is -0.373 e. The topological polar surface area (TPSA) is 71.2 Å². The van der Waals surface area contributed by atoms with Crippen LogP contribution in [0, 0.1) is 5.92 Å². The van der Waals surface area contributed by atoms with Gasteiger partial charge in [-0.2, -0.15) is 0 Å². The van der Waals surface area contributed by atoms with Crippen molar-refractivity contribution in [2.24, 2.45) is 11.7 Å². The molecule has 94 valence electrons. The Labute approximate surface area is 102 Å². The predicted molar refractivity (Wildman–Crippen MR) is 70.0 cm³/mol. The van der Waals surface area contributed by atoms with Crippen LogP contribution in [0.1, 0.15) is 13.8 Å². The highest BCUT2D eigenvalue weighted by Gasteiger charge is 2.12. The number of nitrogens with one attached hydrogen (secondary N) is 1. The number of carbonyl (C=O) groups is 1. The molecule has 0 radical (unpaired) electrons. The predicted octanol–water partition coefficient (Wildman–Crippen LogP) is 1.07. The van der Waals surface area contributed by atoms with Gasteiger partial charge in [-0.05, 0) is 18.1 Å². The standard InChI is InChI=1S/C12H20N4O/c1-9(2)7-16(8-10(13)17)12-6-4-5-11(14-3)15-12/h4-6,9H,7-8H2,1-3H3,(H2,13,17)(H,14,15). The van der Waals surface area contributed by atoms with Crippen LogP contribution in [0.4, 0.5) is 11.6 Å². The lowest BCUT2D eigenvalue weighted by Crippen LogP contribution is -2.36. The van der Waals surface area contributed by atoms with Gasteiger partial charge in [0, 0.05) is 13.6 Å². The van der Waals surface area contributed by atoms with Gasteiger partial charge in [-0.1, -0.05) is 19.9 Å². The summed E-state index contributed by atoms with van der Waals surface area (Å²) in [7, 11) is 1.81. The van der Waals surface area contributed by atoms with Gasteiger partial charge in [-0.25, -0.2) is 4.98 Å². The van der Waals surface area contributed by atoms with Crippen molar-refractivity contribution >= 4 is 17.5 Å². The van der Waals surface area contributed by atoms with Gasteiger partial charge in [-0.15, -0.1) is 0 Å². The first-order chi connectivity index (χ1) is 8.02. The smallest absolute Gasteiger partial charge is 0.236 e. The summed E-state index contributed by atoms with van der Waals surface area (Å²) >= 11 is 0. The highest BCUT2D eigenvalue weighted by atomic mass is 16.1. The van der Waals surface area contributed by atoms with E-state index in [1.807, 2.05) is 30.1 Å². The third-order valence-electron chi connectivity index (χ3n) is 2.25. The number of anilines is 2. The molecule has 0 spiro atoms. The van der Waals surface area contributed by atoms with E-state index in [4.69, 9.17) is 5.73 Å². The normalized spacial score (nSPS) is 10.4. The monoisotopic (exact) mass is 236 g/mol. The molecule has 5 nitrogen and oxygen atoms in total. The van der Waals surface area contributed by atoms with Crippen LogP contribution in [0.5, 0.6) is 0 Å². The molecule has 0 bridgehead atoms. The first kappa shape index (κ1) is 13.3. The summed E-state index contributed by atoms with van der Waals surface area (Å²) in [4.78, 5) is 17.4. The number of primary amides is 1. The summed E-state index contributed by atoms with van der Waals surface area (Å²) in [5.74, 6) is 1.64. The van der Waals surface area contributed by atoms with Crippen LogP contribution in [0.25, 0.3) is 0 Å². The quantitative estimate of drug-likeness (QED) is 0.775. The van der Waals surface area contributed by atoms with Gasteiger partial charge >= 0.3 is 0 Å². The molecule has 1 aromatic heterocycles. The highest BCUT2D eigenvalue weighted by Crippen LogP contribution is 2.15. The fourth-order valence-corrected chi connectivity index (χ4v) is 1.61. The number of nitrogens with two attached hydrogens (primary N) is 1. The molecule has 0 saturated carbocycles. The van der Waals surface area contributed by atoms with E-state index in [0.717, 1.165) is 18.2 Å². The van der Waals surface area contributed by atoms with Crippen molar-refractivity contribution in [2.45, 2.75) is 13.8 Å². The third-order valence-corrected chi connectivity index (χ3v) is 2.25. The molecule has 1 rings (SSSR count). The van der Waals surface area contributed by atoms with Crippen LogP contribution in [0.15, 0.2) is 18.2 Å². The fourth-order valence-electron chi connectivity index (χ4n) is 1.61. The third kappa shape index (κ3) is 4.30. The van der Waals surface area contributed by atoms with Crippen LogP contribution in [0.2, 0.25) is 0 Å². The largest absolute Gasteiger partial charge is 0.373 e. The molecular weight excluding hydrogens is 216 g/mol. The van der Waals surface area contributed by atoms with Crippen molar-refractivity contribution < 1.29 is 4.79 Å². The molecule has 0 fully saturated rings. The van der Waals surface area contributed by atoms with Gasteiger partial charge in [-0.3, -0.25) is 4.79 Å². The number of hydrogen-bond acceptors (Lipinski definition) is 4. The van der Waals surface area contributed by atoms with E-state index in [2.05, 4.69) is 24.1 Å². The van der Waals surface area contributed by atoms with Gasteiger partial charge in [0.15, 0.2) is 0 Å². The Hall–Kier alpha value is -1.78. The van der Waals surface area contributed by atoms with Crippen molar-refractivity contribution in [3.05, 3.63) is 18.2 Å². The number of pyridine rings is 1. The molecule has 1 amide bonds. The average Bonchev–Trinajstić information content (AvgIpc) is 2.27. The zero-order valence-corrected chi connectivity index (χ0v) is 10.6. The Morgan fingerprint density at radius 2 is 2.24 bits per heavy atom. The minimum absolute atomic E-state index is 0.193. The van der Waals surface area contributed by atoms with E-state index in [1.54, 1.807) is 0 Å². The molecule has 0 aliphatic rings. The molecule has 5 heteroatoms. The lowest BCUT2D eigenvalue weighted by atomic mass is 10.2. The SMILES string of the molecule is CNc1cccc(N(CC(N)=O)CC(C)C)n1. The number of amides is 1. The average molecular weight is 236 g/mol. The summed E-state index contributed by atoms with van der Waals surface area (Å²) in [6.07, 6.45) is 0. The number of hydrogen-bond donors (Lipinski definition) is 2. The van der Waals surface area contributed by atoms with Crippen molar-refractivity contribution in [1.29, 1.82) is 0 Å². The summed E-state index contributed by atoms with van der Waals surface area (Å²) in [5.41, 5.74) is 5.25. The second-order valence-electron chi connectivity index (χ2n) is 4.37. The number of rotatable bonds is 6. The zero-order valence-electron chi connectivity index (χ0n) is 10.6. The molecule has 0 aromatic carbocycles. The van der Waals surface area contributed by atoms with Crippen molar-refractivity contribution in [3.63, 3.8) is 0 Å². The first-order valence-electron chi connectivity index (χ1n) is 5.71. The van der Waals surface area contributed by atoms with E-state index in [9.17, 15) is 4.79 Å². The second-order valence-corrected chi connectivity index (χ2v) is 4.37. The van der Waals surface area contributed by atoms with Crippen molar-refractivity contribution in [1.82, 2.24) is 4.98 Å². The highest BCUT2D eigenvalue weighted by molar-refractivity contribution is 5.79. The minimum atomic E-state index is -0.345. The zero-order chi connectivity index (χ0) is 12.8. The van der Waals surface area contributed by atoms with Crippen LogP contribution < -0.4 is 16.0 Å².